The van der Waals surface area contributed by atoms with E-state index in [1.54, 1.807) is 41.3 Å². The molecule has 0 aromatic heterocycles. The van der Waals surface area contributed by atoms with Crippen molar-refractivity contribution in [3.05, 3.63) is 93.8 Å². The maximum atomic E-state index is 13.0. The Hall–Kier alpha value is -4.09. The van der Waals surface area contributed by atoms with Crippen molar-refractivity contribution in [3.8, 4) is 5.75 Å². The fourth-order valence-corrected chi connectivity index (χ4v) is 5.81. The Balaban J connectivity index is 1.14. The van der Waals surface area contributed by atoms with E-state index in [4.69, 9.17) is 4.74 Å². The van der Waals surface area contributed by atoms with Gasteiger partial charge in [0.2, 0.25) is 5.91 Å². The number of amides is 4. The van der Waals surface area contributed by atoms with Gasteiger partial charge in [-0.05, 0) is 75.7 Å². The van der Waals surface area contributed by atoms with Gasteiger partial charge in [-0.2, -0.15) is 0 Å². The van der Waals surface area contributed by atoms with Crippen molar-refractivity contribution in [2.45, 2.75) is 0 Å². The second kappa shape index (κ2) is 13.0. The Kier molecular flexibility index (Phi) is 9.05. The smallest absolute Gasteiger partial charge is 0.294 e. The molecule has 0 unspecified atom stereocenters. The number of carbonyl (C=O) groups excluding carboxylic acids is 4. The molecule has 2 saturated heterocycles. The number of halogens is 1. The standard InChI is InChI=1S/C30H27BrN4O5S/c31-24-17-21(11-12-25(24)40-20-27(36)32-22-7-3-1-4-8-22)18-26-29(38)35(30(39)41-26)19-28(37)34-15-13-33(14-16-34)23-9-5-2-6-10-23/h1-12,17-18H,13-16,19-20H2,(H,32,36). The highest BCUT2D eigenvalue weighted by atomic mass is 79.9. The molecule has 3 aromatic carbocycles. The molecule has 2 heterocycles. The molecule has 1 N–H and O–H groups in total. The number of nitrogens with one attached hydrogen (secondary N) is 1. The van der Waals surface area contributed by atoms with Gasteiger partial charge in [-0.1, -0.05) is 42.5 Å². The summed E-state index contributed by atoms with van der Waals surface area (Å²) in [4.78, 5) is 55.9. The minimum absolute atomic E-state index is 0.180. The van der Waals surface area contributed by atoms with Gasteiger partial charge in [-0.15, -0.1) is 0 Å². The first kappa shape index (κ1) is 28.4. The number of piperazine rings is 1. The number of anilines is 2. The molecular weight excluding hydrogens is 608 g/mol. The van der Waals surface area contributed by atoms with E-state index in [1.807, 2.05) is 48.5 Å². The predicted molar refractivity (Wildman–Crippen MR) is 163 cm³/mol. The first-order valence-corrected chi connectivity index (χ1v) is 14.6. The van der Waals surface area contributed by atoms with E-state index in [-0.39, 0.29) is 29.9 Å². The highest BCUT2D eigenvalue weighted by molar-refractivity contribution is 9.10. The first-order chi connectivity index (χ1) is 19.9. The van der Waals surface area contributed by atoms with Gasteiger partial charge in [0, 0.05) is 37.6 Å². The van der Waals surface area contributed by atoms with E-state index in [2.05, 4.69) is 26.1 Å². The van der Waals surface area contributed by atoms with Crippen LogP contribution in [0.5, 0.6) is 5.75 Å². The summed E-state index contributed by atoms with van der Waals surface area (Å²) < 4.78 is 6.21. The van der Waals surface area contributed by atoms with Crippen LogP contribution < -0.4 is 15.0 Å². The molecule has 5 rings (SSSR count). The van der Waals surface area contributed by atoms with Crippen molar-refractivity contribution in [1.29, 1.82) is 0 Å². The van der Waals surface area contributed by atoms with Crippen LogP contribution in [0.4, 0.5) is 16.2 Å². The number of thioether (sulfide) groups is 1. The SMILES string of the molecule is O=C(COc1ccc(C=C2SC(=O)N(CC(=O)N3CCN(c4ccccc4)CC3)C2=O)cc1Br)Nc1ccccc1. The molecule has 4 amide bonds. The van der Waals surface area contributed by atoms with Crippen LogP contribution >= 0.6 is 27.7 Å². The zero-order valence-electron chi connectivity index (χ0n) is 22.0. The number of nitrogens with zero attached hydrogens (tertiary/aromatic N) is 3. The quantitative estimate of drug-likeness (QED) is 0.354. The van der Waals surface area contributed by atoms with E-state index < -0.39 is 11.1 Å². The highest BCUT2D eigenvalue weighted by Crippen LogP contribution is 2.34. The monoisotopic (exact) mass is 634 g/mol. The number of hydrogen-bond donors (Lipinski definition) is 1. The molecule has 0 radical (unpaired) electrons. The number of ether oxygens (including phenoxy) is 1. The van der Waals surface area contributed by atoms with E-state index in [1.165, 1.54) is 0 Å². The Bertz CT molecular complexity index is 1480. The number of benzene rings is 3. The van der Waals surface area contributed by atoms with Crippen molar-refractivity contribution in [2.75, 3.05) is 49.5 Å². The molecule has 41 heavy (non-hydrogen) atoms. The van der Waals surface area contributed by atoms with Gasteiger partial charge in [0.25, 0.3) is 17.1 Å². The molecule has 3 aromatic rings. The van der Waals surface area contributed by atoms with Crippen LogP contribution in [0.1, 0.15) is 5.56 Å². The molecular formula is C30H27BrN4O5S. The average Bonchev–Trinajstić information content (AvgIpc) is 3.25. The molecule has 2 fully saturated rings. The first-order valence-electron chi connectivity index (χ1n) is 13.0. The lowest BCUT2D eigenvalue weighted by molar-refractivity contribution is -0.136. The van der Waals surface area contributed by atoms with Crippen molar-refractivity contribution in [1.82, 2.24) is 9.80 Å². The minimum Gasteiger partial charge on any atom is -0.483 e. The molecule has 0 saturated carbocycles. The van der Waals surface area contributed by atoms with Gasteiger partial charge in [-0.3, -0.25) is 24.1 Å². The summed E-state index contributed by atoms with van der Waals surface area (Å²) in [7, 11) is 0. The summed E-state index contributed by atoms with van der Waals surface area (Å²) in [5.41, 5.74) is 2.44. The van der Waals surface area contributed by atoms with Gasteiger partial charge < -0.3 is 19.9 Å². The number of rotatable bonds is 8. The van der Waals surface area contributed by atoms with Crippen LogP contribution in [0.2, 0.25) is 0 Å². The van der Waals surface area contributed by atoms with Gasteiger partial charge in [0.15, 0.2) is 6.61 Å². The Morgan fingerprint density at radius 2 is 1.61 bits per heavy atom. The fraction of sp³-hybridized carbons (Fsp3) is 0.200. The lowest BCUT2D eigenvalue weighted by Crippen LogP contribution is -2.51. The second-order valence-electron chi connectivity index (χ2n) is 9.36. The Morgan fingerprint density at radius 1 is 0.927 bits per heavy atom. The molecule has 2 aliphatic heterocycles. The Morgan fingerprint density at radius 3 is 2.29 bits per heavy atom. The molecule has 0 aliphatic carbocycles. The van der Waals surface area contributed by atoms with Crippen molar-refractivity contribution < 1.29 is 23.9 Å². The van der Waals surface area contributed by atoms with Crippen LogP contribution in [0, 0.1) is 0 Å². The van der Waals surface area contributed by atoms with E-state index in [0.29, 0.717) is 47.7 Å². The molecule has 9 nitrogen and oxygen atoms in total. The van der Waals surface area contributed by atoms with E-state index >= 15 is 0 Å². The molecule has 0 atom stereocenters. The molecule has 2 aliphatic rings. The van der Waals surface area contributed by atoms with Gasteiger partial charge in [0.1, 0.15) is 12.3 Å². The number of imide groups is 1. The zero-order chi connectivity index (χ0) is 28.8. The summed E-state index contributed by atoms with van der Waals surface area (Å²) in [5.74, 6) is -0.586. The summed E-state index contributed by atoms with van der Waals surface area (Å²) >= 11 is 4.25. The maximum absolute atomic E-state index is 13.0. The summed E-state index contributed by atoms with van der Waals surface area (Å²) in [6.45, 7) is 1.95. The van der Waals surface area contributed by atoms with Crippen molar-refractivity contribution >= 4 is 68.1 Å². The third-order valence-corrected chi connectivity index (χ3v) is 8.12. The van der Waals surface area contributed by atoms with E-state index in [9.17, 15) is 19.2 Å². The predicted octanol–water partition coefficient (Wildman–Crippen LogP) is 4.85. The van der Waals surface area contributed by atoms with Crippen LogP contribution in [-0.2, 0) is 14.4 Å². The molecule has 210 valence electrons. The zero-order valence-corrected chi connectivity index (χ0v) is 24.4. The van der Waals surface area contributed by atoms with Gasteiger partial charge >= 0.3 is 0 Å². The van der Waals surface area contributed by atoms with Crippen LogP contribution in [0.15, 0.2) is 88.2 Å². The largest absolute Gasteiger partial charge is 0.483 e. The minimum atomic E-state index is -0.495. The normalized spacial score (nSPS) is 16.3. The van der Waals surface area contributed by atoms with Crippen LogP contribution in [0.25, 0.3) is 6.08 Å². The van der Waals surface area contributed by atoms with Crippen LogP contribution in [-0.4, -0.2) is 72.1 Å². The second-order valence-corrected chi connectivity index (χ2v) is 11.2. The molecule has 0 spiro atoms. The third-order valence-electron chi connectivity index (χ3n) is 6.59. The summed E-state index contributed by atoms with van der Waals surface area (Å²) in [5, 5.41) is 2.28. The van der Waals surface area contributed by atoms with E-state index in [0.717, 1.165) is 22.3 Å². The van der Waals surface area contributed by atoms with Gasteiger partial charge in [0.05, 0.1) is 9.38 Å². The van der Waals surface area contributed by atoms with Gasteiger partial charge in [-0.25, -0.2) is 0 Å². The Labute approximate surface area is 250 Å². The van der Waals surface area contributed by atoms with Crippen molar-refractivity contribution in [2.24, 2.45) is 0 Å². The maximum Gasteiger partial charge on any atom is 0.294 e. The lowest BCUT2D eigenvalue weighted by Gasteiger charge is -2.36. The number of para-hydroxylation sites is 2. The number of hydrogen-bond acceptors (Lipinski definition) is 7. The molecule has 11 heteroatoms. The lowest BCUT2D eigenvalue weighted by atomic mass is 10.2. The number of carbonyl (C=O) groups is 4. The average molecular weight is 636 g/mol. The highest BCUT2D eigenvalue weighted by Gasteiger charge is 2.37. The third kappa shape index (κ3) is 7.17. The van der Waals surface area contributed by atoms with Crippen molar-refractivity contribution in [3.63, 3.8) is 0 Å². The fourth-order valence-electron chi connectivity index (χ4n) is 4.46. The molecule has 0 bridgehead atoms. The topological polar surface area (TPSA) is 99.3 Å². The summed E-state index contributed by atoms with van der Waals surface area (Å²) in [6, 6.07) is 24.2. The summed E-state index contributed by atoms with van der Waals surface area (Å²) in [6.07, 6.45) is 1.60. The van der Waals surface area contributed by atoms with Crippen LogP contribution in [0.3, 0.4) is 0 Å².